The van der Waals surface area contributed by atoms with Crippen LogP contribution in [0.5, 0.6) is 5.75 Å². The van der Waals surface area contributed by atoms with Crippen molar-refractivity contribution in [1.82, 2.24) is 4.90 Å². The van der Waals surface area contributed by atoms with Crippen molar-refractivity contribution in [3.63, 3.8) is 0 Å². The van der Waals surface area contributed by atoms with Gasteiger partial charge in [0.1, 0.15) is 11.8 Å². The molecule has 4 heteroatoms. The normalized spacial score (nSPS) is 19.5. The predicted molar refractivity (Wildman–Crippen MR) is 73.5 cm³/mol. The van der Waals surface area contributed by atoms with Gasteiger partial charge in [-0.05, 0) is 44.4 Å². The van der Waals surface area contributed by atoms with Gasteiger partial charge in [0.05, 0.1) is 6.61 Å². The van der Waals surface area contributed by atoms with E-state index in [0.717, 1.165) is 43.7 Å². The summed E-state index contributed by atoms with van der Waals surface area (Å²) in [6, 6.07) is 7.65. The number of ether oxygens (including phenoxy) is 1. The Balaban J connectivity index is 1.72. The van der Waals surface area contributed by atoms with Crippen LogP contribution in [0.4, 0.5) is 0 Å². The van der Waals surface area contributed by atoms with Crippen molar-refractivity contribution in [2.75, 3.05) is 19.7 Å². The van der Waals surface area contributed by atoms with Crippen molar-refractivity contribution < 1.29 is 14.6 Å². The molecule has 0 unspecified atom stereocenters. The van der Waals surface area contributed by atoms with E-state index in [-0.39, 0.29) is 6.04 Å². The summed E-state index contributed by atoms with van der Waals surface area (Å²) in [7, 11) is 0. The van der Waals surface area contributed by atoms with E-state index in [4.69, 9.17) is 9.84 Å². The van der Waals surface area contributed by atoms with Gasteiger partial charge in [0.2, 0.25) is 0 Å². The quantitative estimate of drug-likeness (QED) is 0.800. The van der Waals surface area contributed by atoms with Gasteiger partial charge in [-0.2, -0.15) is 0 Å². The molecule has 1 aromatic carbocycles. The Bertz CT molecular complexity index is 433. The molecule has 19 heavy (non-hydrogen) atoms. The first-order valence-electron chi connectivity index (χ1n) is 6.84. The van der Waals surface area contributed by atoms with Gasteiger partial charge in [0.25, 0.3) is 0 Å². The standard InChI is InChI=1S/C15H21NO3/c1-12-6-2-3-8-14(12)19-11-5-10-16-9-4-7-13(16)15(17)18/h2-3,6,8,13H,4-5,7,9-11H2,1H3,(H,17,18)/t13-/m1/s1. The lowest BCUT2D eigenvalue weighted by molar-refractivity contribution is -0.142. The summed E-state index contributed by atoms with van der Waals surface area (Å²) in [4.78, 5) is 13.1. The number of hydrogen-bond donors (Lipinski definition) is 1. The highest BCUT2D eigenvalue weighted by Gasteiger charge is 2.29. The van der Waals surface area contributed by atoms with Crippen molar-refractivity contribution in [3.05, 3.63) is 29.8 Å². The van der Waals surface area contributed by atoms with E-state index in [1.807, 2.05) is 36.1 Å². The molecule has 1 fully saturated rings. The van der Waals surface area contributed by atoms with E-state index in [1.165, 1.54) is 0 Å². The van der Waals surface area contributed by atoms with E-state index < -0.39 is 5.97 Å². The van der Waals surface area contributed by atoms with Gasteiger partial charge in [-0.25, -0.2) is 0 Å². The number of carboxylic acids is 1. The first-order chi connectivity index (χ1) is 9.18. The Morgan fingerprint density at radius 1 is 1.47 bits per heavy atom. The molecule has 4 nitrogen and oxygen atoms in total. The van der Waals surface area contributed by atoms with Crippen LogP contribution >= 0.6 is 0 Å². The number of aliphatic carboxylic acids is 1. The van der Waals surface area contributed by atoms with Crippen molar-refractivity contribution >= 4 is 5.97 Å². The van der Waals surface area contributed by atoms with Crippen LogP contribution in [0.25, 0.3) is 0 Å². The zero-order valence-electron chi connectivity index (χ0n) is 11.3. The summed E-state index contributed by atoms with van der Waals surface area (Å²) in [5.41, 5.74) is 1.13. The molecular weight excluding hydrogens is 242 g/mol. The van der Waals surface area contributed by atoms with Crippen LogP contribution in [-0.2, 0) is 4.79 Å². The van der Waals surface area contributed by atoms with Crippen molar-refractivity contribution in [2.24, 2.45) is 0 Å². The number of benzene rings is 1. The SMILES string of the molecule is Cc1ccccc1OCCCN1CCC[C@@H]1C(=O)O. The Hall–Kier alpha value is -1.55. The Labute approximate surface area is 114 Å². The molecular formula is C15H21NO3. The zero-order chi connectivity index (χ0) is 13.7. The molecule has 1 aliphatic rings. The number of nitrogens with zero attached hydrogens (tertiary/aromatic N) is 1. The third kappa shape index (κ3) is 3.70. The van der Waals surface area contributed by atoms with Gasteiger partial charge in [-0.1, -0.05) is 18.2 Å². The minimum absolute atomic E-state index is 0.293. The molecule has 0 aliphatic carbocycles. The van der Waals surface area contributed by atoms with E-state index in [1.54, 1.807) is 0 Å². The summed E-state index contributed by atoms with van der Waals surface area (Å²) in [6.45, 7) is 4.34. The highest BCUT2D eigenvalue weighted by Crippen LogP contribution is 2.19. The van der Waals surface area contributed by atoms with Gasteiger partial charge in [0.15, 0.2) is 0 Å². The van der Waals surface area contributed by atoms with Gasteiger partial charge in [-0.3, -0.25) is 9.69 Å². The molecule has 0 amide bonds. The molecule has 104 valence electrons. The molecule has 1 atom stereocenters. The number of rotatable bonds is 6. The third-order valence-electron chi connectivity index (χ3n) is 3.59. The maximum atomic E-state index is 11.0. The average Bonchev–Trinajstić information content (AvgIpc) is 2.85. The first-order valence-corrected chi connectivity index (χ1v) is 6.84. The first kappa shape index (κ1) is 13.9. The monoisotopic (exact) mass is 263 g/mol. The highest BCUT2D eigenvalue weighted by atomic mass is 16.5. The van der Waals surface area contributed by atoms with Crippen molar-refractivity contribution in [3.8, 4) is 5.75 Å². The second-order valence-electron chi connectivity index (χ2n) is 5.00. The minimum Gasteiger partial charge on any atom is -0.493 e. The number of para-hydroxylation sites is 1. The number of hydrogen-bond acceptors (Lipinski definition) is 3. The molecule has 0 spiro atoms. The van der Waals surface area contributed by atoms with Gasteiger partial charge in [-0.15, -0.1) is 0 Å². The van der Waals surface area contributed by atoms with Crippen molar-refractivity contribution in [1.29, 1.82) is 0 Å². The van der Waals surface area contributed by atoms with Crippen LogP contribution in [0.3, 0.4) is 0 Å². The predicted octanol–water partition coefficient (Wildman–Crippen LogP) is 2.31. The smallest absolute Gasteiger partial charge is 0.320 e. The lowest BCUT2D eigenvalue weighted by Crippen LogP contribution is -2.36. The van der Waals surface area contributed by atoms with Crippen LogP contribution in [0.2, 0.25) is 0 Å². The number of carbonyl (C=O) groups is 1. The summed E-state index contributed by atoms with van der Waals surface area (Å²) in [5, 5.41) is 9.08. The fraction of sp³-hybridized carbons (Fsp3) is 0.533. The Morgan fingerprint density at radius 3 is 3.00 bits per heavy atom. The molecule has 2 rings (SSSR count). The van der Waals surface area contributed by atoms with E-state index >= 15 is 0 Å². The topological polar surface area (TPSA) is 49.8 Å². The Morgan fingerprint density at radius 2 is 2.26 bits per heavy atom. The molecule has 1 aliphatic heterocycles. The molecule has 1 N–H and O–H groups in total. The average molecular weight is 263 g/mol. The molecule has 1 aromatic rings. The van der Waals surface area contributed by atoms with E-state index in [2.05, 4.69) is 0 Å². The molecule has 0 aromatic heterocycles. The fourth-order valence-electron chi connectivity index (χ4n) is 2.54. The maximum Gasteiger partial charge on any atom is 0.320 e. The lowest BCUT2D eigenvalue weighted by atomic mass is 10.2. The molecule has 0 radical (unpaired) electrons. The zero-order valence-corrected chi connectivity index (χ0v) is 11.3. The number of aryl methyl sites for hydroxylation is 1. The Kier molecular flexibility index (Phi) is 4.80. The van der Waals surface area contributed by atoms with Gasteiger partial charge in [0, 0.05) is 6.54 Å². The second kappa shape index (κ2) is 6.57. The largest absolute Gasteiger partial charge is 0.493 e. The van der Waals surface area contributed by atoms with Crippen molar-refractivity contribution in [2.45, 2.75) is 32.2 Å². The summed E-state index contributed by atoms with van der Waals surface area (Å²) in [6.07, 6.45) is 2.61. The maximum absolute atomic E-state index is 11.0. The van der Waals surface area contributed by atoms with Gasteiger partial charge >= 0.3 is 5.97 Å². The second-order valence-corrected chi connectivity index (χ2v) is 5.00. The molecule has 0 saturated carbocycles. The summed E-state index contributed by atoms with van der Waals surface area (Å²) < 4.78 is 5.72. The molecule has 0 bridgehead atoms. The molecule has 1 heterocycles. The summed E-state index contributed by atoms with van der Waals surface area (Å²) >= 11 is 0. The van der Waals surface area contributed by atoms with E-state index in [9.17, 15) is 4.79 Å². The van der Waals surface area contributed by atoms with Crippen LogP contribution in [-0.4, -0.2) is 41.7 Å². The van der Waals surface area contributed by atoms with Crippen LogP contribution in [0.15, 0.2) is 24.3 Å². The lowest BCUT2D eigenvalue weighted by Gasteiger charge is -2.20. The number of carboxylic acid groups (broad SMARTS) is 1. The minimum atomic E-state index is -0.697. The van der Waals surface area contributed by atoms with Gasteiger partial charge < -0.3 is 9.84 Å². The van der Waals surface area contributed by atoms with Crippen LogP contribution in [0, 0.1) is 6.92 Å². The highest BCUT2D eigenvalue weighted by molar-refractivity contribution is 5.73. The van der Waals surface area contributed by atoms with E-state index in [0.29, 0.717) is 6.61 Å². The number of likely N-dealkylation sites (tertiary alicyclic amines) is 1. The van der Waals surface area contributed by atoms with Crippen LogP contribution in [0.1, 0.15) is 24.8 Å². The molecule has 1 saturated heterocycles. The third-order valence-corrected chi connectivity index (χ3v) is 3.59. The summed E-state index contributed by atoms with van der Waals surface area (Å²) in [5.74, 6) is 0.219. The fourth-order valence-corrected chi connectivity index (χ4v) is 2.54. The van der Waals surface area contributed by atoms with Crippen LogP contribution < -0.4 is 4.74 Å².